The van der Waals surface area contributed by atoms with Crippen LogP contribution in [0.3, 0.4) is 0 Å². The fraction of sp³-hybridized carbons (Fsp3) is 0.684. The fourth-order valence-electron chi connectivity index (χ4n) is 4.15. The Hall–Kier alpha value is -0.860. The normalized spacial score (nSPS) is 29.5. The van der Waals surface area contributed by atoms with Gasteiger partial charge in [-0.2, -0.15) is 0 Å². The molecule has 3 rings (SSSR count). The minimum Gasteiger partial charge on any atom is -0.393 e. The molecule has 2 heteroatoms. The first kappa shape index (κ1) is 15.1. The van der Waals surface area contributed by atoms with E-state index in [-0.39, 0.29) is 6.10 Å². The van der Waals surface area contributed by atoms with E-state index in [0.717, 1.165) is 32.3 Å². The summed E-state index contributed by atoms with van der Waals surface area (Å²) >= 11 is 0. The third-order valence-corrected chi connectivity index (χ3v) is 5.25. The van der Waals surface area contributed by atoms with Crippen molar-refractivity contribution in [1.82, 2.24) is 0 Å². The van der Waals surface area contributed by atoms with E-state index in [2.05, 4.69) is 31.2 Å². The average molecular weight is 288 g/mol. The SMILES string of the molecule is CCOC1CC(CC(O)CC2CCCc3ccccc32)C1. The lowest BCUT2D eigenvalue weighted by Gasteiger charge is -2.37. The molecule has 0 heterocycles. The Bertz CT molecular complexity index is 451. The van der Waals surface area contributed by atoms with Crippen molar-refractivity contribution in [2.75, 3.05) is 6.61 Å². The molecule has 2 aliphatic rings. The zero-order chi connectivity index (χ0) is 14.7. The van der Waals surface area contributed by atoms with Gasteiger partial charge in [-0.3, -0.25) is 0 Å². The van der Waals surface area contributed by atoms with E-state index in [1.165, 1.54) is 30.4 Å². The minimum atomic E-state index is -0.145. The molecule has 2 atom stereocenters. The van der Waals surface area contributed by atoms with Crippen LogP contribution in [0.15, 0.2) is 24.3 Å². The van der Waals surface area contributed by atoms with Gasteiger partial charge in [-0.25, -0.2) is 0 Å². The van der Waals surface area contributed by atoms with E-state index >= 15 is 0 Å². The summed E-state index contributed by atoms with van der Waals surface area (Å²) in [6.45, 7) is 2.88. The van der Waals surface area contributed by atoms with E-state index < -0.39 is 0 Å². The highest BCUT2D eigenvalue weighted by atomic mass is 16.5. The van der Waals surface area contributed by atoms with Gasteiger partial charge in [-0.05, 0) is 74.8 Å². The van der Waals surface area contributed by atoms with E-state index in [1.54, 1.807) is 0 Å². The van der Waals surface area contributed by atoms with Gasteiger partial charge in [0.1, 0.15) is 0 Å². The van der Waals surface area contributed by atoms with Crippen LogP contribution >= 0.6 is 0 Å². The van der Waals surface area contributed by atoms with Gasteiger partial charge in [0.2, 0.25) is 0 Å². The first-order valence-electron chi connectivity index (χ1n) is 8.63. The smallest absolute Gasteiger partial charge is 0.0580 e. The van der Waals surface area contributed by atoms with Gasteiger partial charge in [0.15, 0.2) is 0 Å². The summed E-state index contributed by atoms with van der Waals surface area (Å²) in [4.78, 5) is 0. The molecule has 0 saturated heterocycles. The maximum absolute atomic E-state index is 10.4. The second kappa shape index (κ2) is 6.93. The lowest BCUT2D eigenvalue weighted by molar-refractivity contribution is -0.0389. The first-order valence-corrected chi connectivity index (χ1v) is 8.63. The Balaban J connectivity index is 1.49. The summed E-state index contributed by atoms with van der Waals surface area (Å²) in [7, 11) is 0. The van der Waals surface area contributed by atoms with Crippen LogP contribution in [0.5, 0.6) is 0 Å². The molecule has 116 valence electrons. The third-order valence-electron chi connectivity index (χ3n) is 5.25. The molecule has 2 nitrogen and oxygen atoms in total. The fourth-order valence-corrected chi connectivity index (χ4v) is 4.15. The highest BCUT2D eigenvalue weighted by molar-refractivity contribution is 5.32. The Morgan fingerprint density at radius 3 is 2.86 bits per heavy atom. The lowest BCUT2D eigenvalue weighted by Crippen LogP contribution is -2.34. The number of fused-ring (bicyclic) bond motifs is 1. The first-order chi connectivity index (χ1) is 10.3. The van der Waals surface area contributed by atoms with Gasteiger partial charge in [-0.15, -0.1) is 0 Å². The highest BCUT2D eigenvalue weighted by Crippen LogP contribution is 2.38. The molecule has 0 aliphatic heterocycles. The number of rotatable bonds is 6. The second-order valence-corrected chi connectivity index (χ2v) is 6.83. The molecule has 21 heavy (non-hydrogen) atoms. The van der Waals surface area contributed by atoms with Crippen molar-refractivity contribution in [2.24, 2.45) is 5.92 Å². The molecule has 2 aliphatic carbocycles. The molecule has 1 aromatic carbocycles. The van der Waals surface area contributed by atoms with Crippen LogP contribution in [-0.4, -0.2) is 23.9 Å². The predicted octanol–water partition coefficient (Wildman–Crippen LogP) is 4.06. The minimum absolute atomic E-state index is 0.145. The van der Waals surface area contributed by atoms with Crippen LogP contribution in [0.4, 0.5) is 0 Å². The maximum atomic E-state index is 10.4. The molecule has 2 unspecified atom stereocenters. The van der Waals surface area contributed by atoms with Crippen LogP contribution in [0.2, 0.25) is 0 Å². The number of aliphatic hydroxyl groups excluding tert-OH is 1. The molecule has 1 aromatic rings. The molecular formula is C19H28O2. The van der Waals surface area contributed by atoms with Crippen molar-refractivity contribution in [3.05, 3.63) is 35.4 Å². The van der Waals surface area contributed by atoms with E-state index in [1.807, 2.05) is 0 Å². The maximum Gasteiger partial charge on any atom is 0.0580 e. The monoisotopic (exact) mass is 288 g/mol. The van der Waals surface area contributed by atoms with Gasteiger partial charge in [-0.1, -0.05) is 24.3 Å². The van der Waals surface area contributed by atoms with Crippen LogP contribution in [0.25, 0.3) is 0 Å². The van der Waals surface area contributed by atoms with Gasteiger partial charge in [0.25, 0.3) is 0 Å². The Morgan fingerprint density at radius 1 is 1.24 bits per heavy atom. The van der Waals surface area contributed by atoms with Crippen LogP contribution < -0.4 is 0 Å². The van der Waals surface area contributed by atoms with Gasteiger partial charge in [0, 0.05) is 6.61 Å². The Labute approximate surface area is 128 Å². The molecule has 1 N–H and O–H groups in total. The summed E-state index contributed by atoms with van der Waals surface area (Å²) < 4.78 is 5.60. The molecule has 0 bridgehead atoms. The quantitative estimate of drug-likeness (QED) is 0.855. The summed E-state index contributed by atoms with van der Waals surface area (Å²) in [5.41, 5.74) is 2.99. The summed E-state index contributed by atoms with van der Waals surface area (Å²) in [6, 6.07) is 8.80. The third kappa shape index (κ3) is 3.67. The van der Waals surface area contributed by atoms with E-state index in [0.29, 0.717) is 17.9 Å². The zero-order valence-electron chi connectivity index (χ0n) is 13.1. The summed E-state index contributed by atoms with van der Waals surface area (Å²) in [5, 5.41) is 10.4. The standard InChI is InChI=1S/C19H28O2/c1-2-21-18-11-14(12-18)10-17(20)13-16-8-5-7-15-6-3-4-9-19(15)16/h3-4,6,9,14,16-18,20H,2,5,7-8,10-13H2,1H3. The zero-order valence-corrected chi connectivity index (χ0v) is 13.1. The summed E-state index contributed by atoms with van der Waals surface area (Å²) in [6.07, 6.45) is 8.22. The van der Waals surface area contributed by atoms with E-state index in [4.69, 9.17) is 4.74 Å². The van der Waals surface area contributed by atoms with Crippen LogP contribution in [0, 0.1) is 5.92 Å². The van der Waals surface area contributed by atoms with Crippen LogP contribution in [-0.2, 0) is 11.2 Å². The molecule has 0 aromatic heterocycles. The topological polar surface area (TPSA) is 29.5 Å². The highest BCUT2D eigenvalue weighted by Gasteiger charge is 2.32. The number of aryl methyl sites for hydroxylation is 1. The molecule has 0 spiro atoms. The Kier molecular flexibility index (Phi) is 4.97. The van der Waals surface area contributed by atoms with Crippen molar-refractivity contribution in [3.8, 4) is 0 Å². The largest absolute Gasteiger partial charge is 0.393 e. The van der Waals surface area contributed by atoms with E-state index in [9.17, 15) is 5.11 Å². The second-order valence-electron chi connectivity index (χ2n) is 6.83. The van der Waals surface area contributed by atoms with Crippen molar-refractivity contribution in [2.45, 2.75) is 70.0 Å². The van der Waals surface area contributed by atoms with Crippen molar-refractivity contribution < 1.29 is 9.84 Å². The Morgan fingerprint density at radius 2 is 2.05 bits per heavy atom. The van der Waals surface area contributed by atoms with Crippen molar-refractivity contribution >= 4 is 0 Å². The molecular weight excluding hydrogens is 260 g/mol. The number of hydrogen-bond donors (Lipinski definition) is 1. The lowest BCUT2D eigenvalue weighted by atomic mass is 9.75. The number of hydrogen-bond acceptors (Lipinski definition) is 2. The van der Waals surface area contributed by atoms with Gasteiger partial charge >= 0.3 is 0 Å². The number of benzene rings is 1. The molecule has 1 saturated carbocycles. The molecule has 1 fully saturated rings. The number of ether oxygens (including phenoxy) is 1. The van der Waals surface area contributed by atoms with Crippen LogP contribution in [0.1, 0.15) is 62.5 Å². The average Bonchev–Trinajstić information content (AvgIpc) is 2.45. The number of aliphatic hydroxyl groups is 1. The van der Waals surface area contributed by atoms with Crippen molar-refractivity contribution in [3.63, 3.8) is 0 Å². The van der Waals surface area contributed by atoms with Crippen molar-refractivity contribution in [1.29, 1.82) is 0 Å². The van der Waals surface area contributed by atoms with Gasteiger partial charge in [0.05, 0.1) is 12.2 Å². The molecule has 0 radical (unpaired) electrons. The van der Waals surface area contributed by atoms with Gasteiger partial charge < -0.3 is 9.84 Å². The summed E-state index contributed by atoms with van der Waals surface area (Å²) in [5.74, 6) is 1.24. The predicted molar refractivity (Wildman–Crippen MR) is 85.5 cm³/mol. The molecule has 0 amide bonds.